The Labute approximate surface area is 136 Å². The molecule has 23 heavy (non-hydrogen) atoms. The number of rotatable bonds is 8. The van der Waals surface area contributed by atoms with Crippen molar-refractivity contribution in [3.05, 3.63) is 35.9 Å². The van der Waals surface area contributed by atoms with Gasteiger partial charge in [-0.25, -0.2) is 4.79 Å². The first-order valence-electron chi connectivity index (χ1n) is 8.09. The first-order chi connectivity index (χ1) is 11.2. The molecule has 5 nitrogen and oxygen atoms in total. The Morgan fingerprint density at radius 2 is 2.30 bits per heavy atom. The first kappa shape index (κ1) is 17.5. The topological polar surface area (TPSA) is 65.0 Å². The van der Waals surface area contributed by atoms with Crippen molar-refractivity contribution in [2.45, 2.75) is 38.9 Å². The molecule has 0 amide bonds. The highest BCUT2D eigenvalue weighted by Gasteiger charge is 2.15. The molecule has 2 rings (SSSR count). The van der Waals surface area contributed by atoms with E-state index in [2.05, 4.69) is 0 Å². The van der Waals surface area contributed by atoms with Crippen LogP contribution in [0.25, 0.3) is 5.57 Å². The molecule has 0 aromatic heterocycles. The number of aliphatic carboxylic acids is 1. The molecule has 1 N–H and O–H groups in total. The molecule has 0 spiro atoms. The Morgan fingerprint density at radius 3 is 3.00 bits per heavy atom. The van der Waals surface area contributed by atoms with Crippen molar-refractivity contribution in [2.75, 3.05) is 19.8 Å². The number of carboxylic acids is 1. The van der Waals surface area contributed by atoms with E-state index in [0.717, 1.165) is 37.9 Å². The van der Waals surface area contributed by atoms with Gasteiger partial charge in [0.2, 0.25) is 0 Å². The minimum absolute atomic E-state index is 0.220. The fourth-order valence-electron chi connectivity index (χ4n) is 2.41. The molecule has 0 saturated carbocycles. The molecule has 1 saturated heterocycles. The van der Waals surface area contributed by atoms with Crippen LogP contribution in [0.2, 0.25) is 0 Å². The zero-order valence-electron chi connectivity index (χ0n) is 13.5. The van der Waals surface area contributed by atoms with Crippen LogP contribution in [-0.4, -0.2) is 37.2 Å². The van der Waals surface area contributed by atoms with Crippen LogP contribution in [0.3, 0.4) is 0 Å². The van der Waals surface area contributed by atoms with E-state index < -0.39 is 5.97 Å². The first-order valence-corrected chi connectivity index (χ1v) is 8.09. The predicted octanol–water partition coefficient (Wildman–Crippen LogP) is 3.49. The largest absolute Gasteiger partial charge is 0.478 e. The van der Waals surface area contributed by atoms with Gasteiger partial charge in [-0.3, -0.25) is 0 Å². The van der Waals surface area contributed by atoms with Crippen LogP contribution in [0.5, 0.6) is 5.75 Å². The number of hydrogen-bond acceptors (Lipinski definition) is 4. The minimum Gasteiger partial charge on any atom is -0.478 e. The van der Waals surface area contributed by atoms with Crippen LogP contribution in [0.4, 0.5) is 0 Å². The summed E-state index contributed by atoms with van der Waals surface area (Å²) in [7, 11) is 0. The van der Waals surface area contributed by atoms with E-state index in [1.165, 1.54) is 6.08 Å². The van der Waals surface area contributed by atoms with Crippen molar-refractivity contribution in [3.8, 4) is 5.75 Å². The van der Waals surface area contributed by atoms with Gasteiger partial charge in [0, 0.05) is 19.1 Å². The average Bonchev–Trinajstić information content (AvgIpc) is 2.55. The Morgan fingerprint density at radius 1 is 1.43 bits per heavy atom. The van der Waals surface area contributed by atoms with Crippen LogP contribution in [0, 0.1) is 0 Å². The fourth-order valence-corrected chi connectivity index (χ4v) is 2.41. The summed E-state index contributed by atoms with van der Waals surface area (Å²) >= 11 is 0. The molecule has 1 aliphatic rings. The second kappa shape index (κ2) is 9.33. The molecule has 126 valence electrons. The van der Waals surface area contributed by atoms with E-state index in [0.29, 0.717) is 17.9 Å². The lowest BCUT2D eigenvalue weighted by atomic mass is 10.1. The number of benzene rings is 1. The number of carboxylic acid groups (broad SMARTS) is 1. The molecular formula is C18H24O5. The Balaban J connectivity index is 2.09. The van der Waals surface area contributed by atoms with Gasteiger partial charge in [0.05, 0.1) is 13.2 Å². The fraction of sp³-hybridized carbons (Fsp3) is 0.500. The summed E-state index contributed by atoms with van der Waals surface area (Å²) in [4.78, 5) is 11.0. The van der Waals surface area contributed by atoms with Crippen LogP contribution in [0.1, 0.15) is 38.2 Å². The molecule has 0 aliphatic carbocycles. The SMILES string of the molecule is CCCOCC(=CC(=O)O)c1cccc(OC2CCCCO2)c1. The van der Waals surface area contributed by atoms with Crippen LogP contribution in [0.15, 0.2) is 30.3 Å². The predicted molar refractivity (Wildman–Crippen MR) is 87.4 cm³/mol. The maximum Gasteiger partial charge on any atom is 0.328 e. The van der Waals surface area contributed by atoms with E-state index in [-0.39, 0.29) is 12.9 Å². The van der Waals surface area contributed by atoms with Crippen molar-refractivity contribution in [1.82, 2.24) is 0 Å². The van der Waals surface area contributed by atoms with E-state index in [1.807, 2.05) is 31.2 Å². The van der Waals surface area contributed by atoms with Gasteiger partial charge in [-0.1, -0.05) is 19.1 Å². The zero-order valence-corrected chi connectivity index (χ0v) is 13.5. The van der Waals surface area contributed by atoms with E-state index in [1.54, 1.807) is 0 Å². The Kier molecular flexibility index (Phi) is 7.10. The summed E-state index contributed by atoms with van der Waals surface area (Å²) in [6.45, 7) is 3.60. The molecule has 1 unspecified atom stereocenters. The van der Waals surface area contributed by atoms with Gasteiger partial charge in [-0.05, 0) is 42.5 Å². The normalized spacial score (nSPS) is 18.7. The molecule has 5 heteroatoms. The summed E-state index contributed by atoms with van der Waals surface area (Å²) in [6.07, 6.45) is 4.90. The maximum absolute atomic E-state index is 11.0. The number of ether oxygens (including phenoxy) is 3. The van der Waals surface area contributed by atoms with E-state index >= 15 is 0 Å². The van der Waals surface area contributed by atoms with Crippen molar-refractivity contribution >= 4 is 11.5 Å². The van der Waals surface area contributed by atoms with Gasteiger partial charge in [0.25, 0.3) is 0 Å². The third-order valence-electron chi connectivity index (χ3n) is 3.51. The van der Waals surface area contributed by atoms with Crippen LogP contribution < -0.4 is 4.74 Å². The lowest BCUT2D eigenvalue weighted by Gasteiger charge is -2.23. The molecule has 0 bridgehead atoms. The summed E-state index contributed by atoms with van der Waals surface area (Å²) in [5, 5.41) is 9.05. The smallest absolute Gasteiger partial charge is 0.328 e. The van der Waals surface area contributed by atoms with Crippen LogP contribution >= 0.6 is 0 Å². The highest BCUT2D eigenvalue weighted by atomic mass is 16.7. The monoisotopic (exact) mass is 320 g/mol. The molecule has 1 heterocycles. The van der Waals surface area contributed by atoms with E-state index in [9.17, 15) is 4.79 Å². The second-order valence-corrected chi connectivity index (χ2v) is 5.50. The summed E-state index contributed by atoms with van der Waals surface area (Å²) in [5.74, 6) is -0.303. The minimum atomic E-state index is -0.984. The molecule has 1 aromatic rings. The van der Waals surface area contributed by atoms with Crippen molar-refractivity contribution < 1.29 is 24.1 Å². The second-order valence-electron chi connectivity index (χ2n) is 5.50. The molecule has 1 fully saturated rings. The highest BCUT2D eigenvalue weighted by molar-refractivity contribution is 5.90. The maximum atomic E-state index is 11.0. The van der Waals surface area contributed by atoms with Gasteiger partial charge < -0.3 is 19.3 Å². The third kappa shape index (κ3) is 6.04. The lowest BCUT2D eigenvalue weighted by Crippen LogP contribution is -2.25. The Hall–Kier alpha value is -1.85. The zero-order chi connectivity index (χ0) is 16.5. The van der Waals surface area contributed by atoms with Gasteiger partial charge in [0.1, 0.15) is 5.75 Å². The van der Waals surface area contributed by atoms with Crippen LogP contribution in [-0.2, 0) is 14.3 Å². The quantitative estimate of drug-likeness (QED) is 0.587. The standard InChI is InChI=1S/C18H24O5/c1-2-9-21-13-15(12-17(19)20)14-6-5-7-16(11-14)23-18-8-3-4-10-22-18/h5-7,11-12,18H,2-4,8-10,13H2,1H3,(H,19,20). The number of hydrogen-bond donors (Lipinski definition) is 1. The van der Waals surface area contributed by atoms with Crippen molar-refractivity contribution in [2.24, 2.45) is 0 Å². The average molecular weight is 320 g/mol. The van der Waals surface area contributed by atoms with Gasteiger partial charge >= 0.3 is 5.97 Å². The van der Waals surface area contributed by atoms with E-state index in [4.69, 9.17) is 19.3 Å². The Bertz CT molecular complexity index is 532. The molecular weight excluding hydrogens is 296 g/mol. The highest BCUT2D eigenvalue weighted by Crippen LogP contribution is 2.24. The molecule has 0 radical (unpaired) electrons. The van der Waals surface area contributed by atoms with Gasteiger partial charge in [-0.15, -0.1) is 0 Å². The number of carbonyl (C=O) groups is 1. The van der Waals surface area contributed by atoms with Gasteiger partial charge in [0.15, 0.2) is 6.29 Å². The summed E-state index contributed by atoms with van der Waals surface area (Å²) < 4.78 is 16.9. The van der Waals surface area contributed by atoms with Crippen molar-refractivity contribution in [1.29, 1.82) is 0 Å². The summed E-state index contributed by atoms with van der Waals surface area (Å²) in [6, 6.07) is 7.40. The van der Waals surface area contributed by atoms with Crippen molar-refractivity contribution in [3.63, 3.8) is 0 Å². The summed E-state index contributed by atoms with van der Waals surface area (Å²) in [5.41, 5.74) is 1.41. The third-order valence-corrected chi connectivity index (χ3v) is 3.51. The molecule has 1 atom stereocenters. The molecule has 1 aliphatic heterocycles. The molecule has 1 aromatic carbocycles. The van der Waals surface area contributed by atoms with Gasteiger partial charge in [-0.2, -0.15) is 0 Å². The lowest BCUT2D eigenvalue weighted by molar-refractivity contribution is -0.131.